The van der Waals surface area contributed by atoms with Gasteiger partial charge >= 0.3 is 0 Å². The van der Waals surface area contributed by atoms with Crippen molar-refractivity contribution >= 4 is 29.0 Å². The lowest BCUT2D eigenvalue weighted by molar-refractivity contribution is 0.0834. The van der Waals surface area contributed by atoms with Gasteiger partial charge in [0, 0.05) is 46.1 Å². The Morgan fingerprint density at radius 3 is 2.48 bits per heavy atom. The first-order valence-electron chi connectivity index (χ1n) is 10.00. The molecule has 1 aliphatic carbocycles. The molecule has 0 radical (unpaired) electrons. The van der Waals surface area contributed by atoms with Gasteiger partial charge in [0.05, 0.1) is 0 Å². The lowest BCUT2D eigenvalue weighted by Gasteiger charge is -2.34. The van der Waals surface area contributed by atoms with Crippen LogP contribution < -0.4 is 0 Å². The first kappa shape index (κ1) is 18.9. The first-order valence-corrected chi connectivity index (χ1v) is 10.8. The molecule has 0 N–H and O–H groups in total. The number of likely N-dealkylation sites (tertiary alicyclic amines) is 1. The van der Waals surface area contributed by atoms with E-state index in [1.165, 1.54) is 11.1 Å². The molecule has 2 atom stereocenters. The molecule has 3 aromatic carbocycles. The van der Waals surface area contributed by atoms with Crippen LogP contribution >= 0.6 is 23.2 Å². The number of halogens is 2. The van der Waals surface area contributed by atoms with E-state index in [4.69, 9.17) is 23.2 Å². The molecule has 0 spiro atoms. The number of hydrogen-bond donors (Lipinski definition) is 0. The normalized spacial score (nSPS) is 21.1. The maximum Gasteiger partial charge on any atom is 0.166 e. The van der Waals surface area contributed by atoms with Crippen molar-refractivity contribution in [3.63, 3.8) is 0 Å². The molecule has 2 aliphatic rings. The summed E-state index contributed by atoms with van der Waals surface area (Å²) in [5.74, 6) is 0.659. The van der Waals surface area contributed by atoms with Crippen LogP contribution in [0, 0.1) is 5.92 Å². The second-order valence-electron chi connectivity index (χ2n) is 8.01. The topological polar surface area (TPSA) is 20.3 Å². The fourth-order valence-corrected chi connectivity index (χ4v) is 5.34. The van der Waals surface area contributed by atoms with Crippen molar-refractivity contribution in [1.82, 2.24) is 4.90 Å². The lowest BCUT2D eigenvalue weighted by Crippen LogP contribution is -2.38. The number of benzene rings is 3. The summed E-state index contributed by atoms with van der Waals surface area (Å²) in [7, 11) is 0. The maximum absolute atomic E-state index is 13.0. The zero-order valence-electron chi connectivity index (χ0n) is 15.9. The second-order valence-corrected chi connectivity index (χ2v) is 8.86. The van der Waals surface area contributed by atoms with Gasteiger partial charge in [-0.2, -0.15) is 0 Å². The van der Waals surface area contributed by atoms with E-state index in [-0.39, 0.29) is 11.8 Å². The van der Waals surface area contributed by atoms with Crippen LogP contribution in [0.15, 0.2) is 66.7 Å². The van der Waals surface area contributed by atoms with E-state index in [0.29, 0.717) is 15.8 Å². The van der Waals surface area contributed by atoms with Crippen molar-refractivity contribution in [2.45, 2.75) is 18.9 Å². The van der Waals surface area contributed by atoms with Gasteiger partial charge in [0.2, 0.25) is 0 Å². The van der Waals surface area contributed by atoms with E-state index in [2.05, 4.69) is 35.2 Å². The average Bonchev–Trinajstić information content (AvgIpc) is 3.00. The van der Waals surface area contributed by atoms with E-state index < -0.39 is 0 Å². The Morgan fingerprint density at radius 2 is 1.69 bits per heavy atom. The summed E-state index contributed by atoms with van der Waals surface area (Å²) in [6, 6.07) is 22.3. The third-order valence-corrected chi connectivity index (χ3v) is 6.79. The molecule has 4 heteroatoms. The largest absolute Gasteiger partial charge is 0.298 e. The average molecular weight is 422 g/mol. The van der Waals surface area contributed by atoms with Crippen molar-refractivity contribution < 1.29 is 4.79 Å². The van der Waals surface area contributed by atoms with E-state index >= 15 is 0 Å². The number of carbonyl (C=O) groups excluding carboxylic acids is 1. The summed E-state index contributed by atoms with van der Waals surface area (Å²) in [5, 5.41) is 1.26. The van der Waals surface area contributed by atoms with Gasteiger partial charge in [-0.15, -0.1) is 0 Å². The summed E-state index contributed by atoms with van der Waals surface area (Å²) >= 11 is 12.5. The van der Waals surface area contributed by atoms with Gasteiger partial charge in [-0.3, -0.25) is 9.69 Å². The van der Waals surface area contributed by atoms with E-state index in [1.807, 2.05) is 30.3 Å². The Kier molecular flexibility index (Phi) is 4.95. The Morgan fingerprint density at radius 1 is 0.897 bits per heavy atom. The molecule has 5 rings (SSSR count). The number of Topliss-reactive ketones (excluding diaryl/α,β-unsaturated/α-hetero) is 1. The zero-order chi connectivity index (χ0) is 20.0. The third-order valence-electron chi connectivity index (χ3n) is 6.24. The molecular weight excluding hydrogens is 401 g/mol. The predicted molar refractivity (Wildman–Crippen MR) is 119 cm³/mol. The molecule has 0 aromatic heterocycles. The molecule has 146 valence electrons. The van der Waals surface area contributed by atoms with E-state index in [1.54, 1.807) is 6.07 Å². The number of piperidine rings is 1. The highest BCUT2D eigenvalue weighted by Gasteiger charge is 2.42. The van der Waals surface area contributed by atoms with Crippen molar-refractivity contribution in [3.8, 4) is 11.1 Å². The van der Waals surface area contributed by atoms with Crippen molar-refractivity contribution in [3.05, 3.63) is 93.5 Å². The first-order chi connectivity index (χ1) is 14.1. The number of nitrogens with zero attached hydrogens (tertiary/aromatic N) is 1. The van der Waals surface area contributed by atoms with E-state index in [0.717, 1.165) is 42.7 Å². The number of hydrogen-bond acceptors (Lipinski definition) is 2. The van der Waals surface area contributed by atoms with Crippen LogP contribution in [0.3, 0.4) is 0 Å². The van der Waals surface area contributed by atoms with Crippen molar-refractivity contribution in [2.24, 2.45) is 5.92 Å². The minimum Gasteiger partial charge on any atom is -0.298 e. The van der Waals surface area contributed by atoms with Gasteiger partial charge < -0.3 is 0 Å². The molecule has 0 saturated carbocycles. The molecule has 3 aromatic rings. The lowest BCUT2D eigenvalue weighted by atomic mass is 9.85. The molecule has 29 heavy (non-hydrogen) atoms. The fraction of sp³-hybridized carbons (Fsp3) is 0.240. The molecule has 1 aliphatic heterocycles. The van der Waals surface area contributed by atoms with Gasteiger partial charge in [-0.1, -0.05) is 77.8 Å². The number of fused-ring (bicyclic) bond motifs is 3. The van der Waals surface area contributed by atoms with Gasteiger partial charge in [-0.25, -0.2) is 0 Å². The molecule has 2 nitrogen and oxygen atoms in total. The van der Waals surface area contributed by atoms with Crippen molar-refractivity contribution in [1.29, 1.82) is 0 Å². The summed E-state index contributed by atoms with van der Waals surface area (Å²) in [6.45, 7) is 2.80. The SMILES string of the molecule is O=C1c2ccc(-c3ccc(Cl)cc3Cl)cc2[C@@H]2CN(Cc3ccccc3)CC[C@H]12. The van der Waals surface area contributed by atoms with Gasteiger partial charge in [0.15, 0.2) is 5.78 Å². The molecule has 1 saturated heterocycles. The monoisotopic (exact) mass is 421 g/mol. The molecule has 0 unspecified atom stereocenters. The Balaban J connectivity index is 1.46. The molecule has 0 bridgehead atoms. The Labute approximate surface area is 181 Å². The van der Waals surface area contributed by atoms with Crippen LogP contribution in [-0.4, -0.2) is 23.8 Å². The summed E-state index contributed by atoms with van der Waals surface area (Å²) in [4.78, 5) is 15.5. The standard InChI is InChI=1S/C25H21Cl2NO/c26-18-7-9-19(24(27)13-18)17-6-8-20-22(12-17)23-15-28(11-10-21(23)25(20)29)14-16-4-2-1-3-5-16/h1-9,12-13,21,23H,10-11,14-15H2/t21-,23+/m0/s1. The number of rotatable bonds is 3. The highest BCUT2D eigenvalue weighted by Crippen LogP contribution is 2.45. The predicted octanol–water partition coefficient (Wildman–Crippen LogP) is 6.46. The minimum absolute atomic E-state index is 0.105. The van der Waals surface area contributed by atoms with Crippen LogP contribution in [0.25, 0.3) is 11.1 Å². The highest BCUT2D eigenvalue weighted by molar-refractivity contribution is 6.36. The van der Waals surface area contributed by atoms with Crippen LogP contribution in [-0.2, 0) is 6.54 Å². The highest BCUT2D eigenvalue weighted by atomic mass is 35.5. The van der Waals surface area contributed by atoms with Gasteiger partial charge in [-0.05, 0) is 41.8 Å². The van der Waals surface area contributed by atoms with Gasteiger partial charge in [0.1, 0.15) is 0 Å². The van der Waals surface area contributed by atoms with Gasteiger partial charge in [0.25, 0.3) is 0 Å². The maximum atomic E-state index is 13.0. The molecule has 0 amide bonds. The molecule has 1 heterocycles. The summed E-state index contributed by atoms with van der Waals surface area (Å²) in [5.41, 5.74) is 5.36. The Bertz CT molecular complexity index is 1080. The minimum atomic E-state index is 0.105. The second kappa shape index (κ2) is 7.60. The third kappa shape index (κ3) is 3.50. The number of ketones is 1. The quantitative estimate of drug-likeness (QED) is 0.483. The number of carbonyl (C=O) groups is 1. The Hall–Kier alpha value is -2.13. The van der Waals surface area contributed by atoms with Crippen LogP contribution in [0.1, 0.15) is 33.8 Å². The summed E-state index contributed by atoms with van der Waals surface area (Å²) < 4.78 is 0. The molecule has 1 fully saturated rings. The van der Waals surface area contributed by atoms with Crippen LogP contribution in [0.4, 0.5) is 0 Å². The smallest absolute Gasteiger partial charge is 0.166 e. The molecular formula is C25H21Cl2NO. The fourth-order valence-electron chi connectivity index (χ4n) is 4.82. The van der Waals surface area contributed by atoms with E-state index in [9.17, 15) is 4.79 Å². The zero-order valence-corrected chi connectivity index (χ0v) is 17.5. The van der Waals surface area contributed by atoms with Crippen molar-refractivity contribution in [2.75, 3.05) is 13.1 Å². The van der Waals surface area contributed by atoms with Crippen LogP contribution in [0.5, 0.6) is 0 Å². The summed E-state index contributed by atoms with van der Waals surface area (Å²) in [6.07, 6.45) is 0.919. The van der Waals surface area contributed by atoms with Crippen LogP contribution in [0.2, 0.25) is 10.0 Å².